The number of alkyl halides is 5. The van der Waals surface area contributed by atoms with Gasteiger partial charge in [-0.25, -0.2) is 38.5 Å². The Hall–Kier alpha value is -4.67. The van der Waals surface area contributed by atoms with Crippen LogP contribution in [-0.4, -0.2) is 73.4 Å². The van der Waals surface area contributed by atoms with Gasteiger partial charge in [0.15, 0.2) is 6.61 Å². The van der Waals surface area contributed by atoms with Crippen LogP contribution in [0.4, 0.5) is 38.5 Å². The lowest BCUT2D eigenvalue weighted by Gasteiger charge is -2.36. The summed E-state index contributed by atoms with van der Waals surface area (Å²) in [5, 5.41) is 9.21. The van der Waals surface area contributed by atoms with Gasteiger partial charge in [-0.2, -0.15) is 18.3 Å². The molecule has 1 saturated carbocycles. The molecular weight excluding hydrogens is 629 g/mol. The van der Waals surface area contributed by atoms with Crippen LogP contribution in [0.15, 0.2) is 43.1 Å². The molecule has 1 fully saturated rings. The van der Waals surface area contributed by atoms with E-state index in [-0.39, 0.29) is 34.5 Å². The fraction of sp³-hybridized carbons (Fsp3) is 0.370. The van der Waals surface area contributed by atoms with E-state index in [4.69, 9.17) is 21.1 Å². The average molecular weight is 654 g/mol. The van der Waals surface area contributed by atoms with Crippen molar-refractivity contribution in [1.29, 1.82) is 0 Å². The molecule has 0 unspecified atom stereocenters. The number of halogens is 6. The predicted octanol–water partition coefficient (Wildman–Crippen LogP) is 6.03. The largest absolute Gasteiger partial charge is 0.467 e. The lowest BCUT2D eigenvalue weighted by Crippen LogP contribution is -2.45. The second-order valence-electron chi connectivity index (χ2n) is 9.89. The monoisotopic (exact) mass is 653 g/mol. The third-order valence-electron chi connectivity index (χ3n) is 6.98. The van der Waals surface area contributed by atoms with Gasteiger partial charge >= 0.3 is 18.3 Å². The number of nitrogens with zero attached hydrogens (tertiary/aromatic N) is 7. The fourth-order valence-corrected chi connectivity index (χ4v) is 5.03. The number of anilines is 2. The lowest BCUT2D eigenvalue weighted by molar-refractivity contribution is -0.137. The molecule has 4 aromatic heterocycles. The zero-order valence-electron chi connectivity index (χ0n) is 23.4. The highest BCUT2D eigenvalue weighted by Crippen LogP contribution is 2.38. The normalized spacial score (nSPS) is 16.8. The van der Waals surface area contributed by atoms with E-state index in [9.17, 15) is 26.7 Å². The molecule has 0 aromatic carbocycles. The van der Waals surface area contributed by atoms with Crippen LogP contribution < -0.4 is 15.0 Å². The molecule has 0 spiro atoms. The maximum Gasteiger partial charge on any atom is 0.420 e. The van der Waals surface area contributed by atoms with Gasteiger partial charge in [0.25, 0.3) is 6.43 Å². The molecular formula is C27H25ClF5N9O3. The van der Waals surface area contributed by atoms with E-state index in [1.54, 1.807) is 12.1 Å². The highest BCUT2D eigenvalue weighted by molar-refractivity contribution is 6.32. The Morgan fingerprint density at radius 2 is 1.76 bits per heavy atom. The van der Waals surface area contributed by atoms with E-state index >= 15 is 0 Å². The third kappa shape index (κ3) is 7.53. The Balaban J connectivity index is 1.31. The molecule has 0 bridgehead atoms. The number of aromatic amines is 1. The number of carbonyl (C=O) groups excluding carboxylic acids is 1. The highest BCUT2D eigenvalue weighted by atomic mass is 35.5. The van der Waals surface area contributed by atoms with Gasteiger partial charge in [0.1, 0.15) is 22.8 Å². The third-order valence-corrected chi connectivity index (χ3v) is 7.26. The molecule has 0 saturated heterocycles. The van der Waals surface area contributed by atoms with Crippen molar-refractivity contribution >= 4 is 29.5 Å². The van der Waals surface area contributed by atoms with Gasteiger partial charge in [-0.05, 0) is 37.8 Å². The van der Waals surface area contributed by atoms with E-state index in [0.29, 0.717) is 43.0 Å². The summed E-state index contributed by atoms with van der Waals surface area (Å²) in [6.45, 7) is -1.08. The lowest BCUT2D eigenvalue weighted by atomic mass is 9.90. The van der Waals surface area contributed by atoms with Crippen LogP contribution in [0.3, 0.4) is 0 Å². The standard InChI is InChI=1S/C27H25ClF5N9O3/c1-44-25-36-9-15(10-37-25)14-2-7-21(34-8-14)42(26(43)45-13-20(29)30)17-5-3-16(4-6-17)39-24-35-11-18(27(31,32)33)22(40-24)23-19(28)12-38-41-23/h2,7-12,16-17,20H,3-6,13H2,1H3,(H,38,41)(H,35,39,40)/t16-,17-. The first-order valence-electron chi connectivity index (χ1n) is 13.5. The summed E-state index contributed by atoms with van der Waals surface area (Å²) in [6.07, 6.45) is -0.463. The fourth-order valence-electron chi connectivity index (χ4n) is 4.85. The van der Waals surface area contributed by atoms with Crippen LogP contribution in [0.25, 0.3) is 22.5 Å². The first-order valence-corrected chi connectivity index (χ1v) is 13.9. The number of methoxy groups -OCH3 is 1. The smallest absolute Gasteiger partial charge is 0.420 e. The van der Waals surface area contributed by atoms with E-state index in [2.05, 4.69) is 40.4 Å². The van der Waals surface area contributed by atoms with Crippen LogP contribution in [-0.2, 0) is 10.9 Å². The molecule has 18 heteroatoms. The van der Waals surface area contributed by atoms with Crippen molar-refractivity contribution in [2.24, 2.45) is 0 Å². The summed E-state index contributed by atoms with van der Waals surface area (Å²) >= 11 is 6.01. The molecule has 4 heterocycles. The quantitative estimate of drug-likeness (QED) is 0.205. The second-order valence-corrected chi connectivity index (χ2v) is 10.3. The number of pyridine rings is 1. The number of carbonyl (C=O) groups is 1. The van der Waals surface area contributed by atoms with Crippen molar-refractivity contribution < 1.29 is 36.2 Å². The summed E-state index contributed by atoms with van der Waals surface area (Å²) in [5.41, 5.74) is -0.474. The zero-order valence-corrected chi connectivity index (χ0v) is 24.2. The number of hydrogen-bond donors (Lipinski definition) is 2. The zero-order chi connectivity index (χ0) is 32.1. The molecule has 1 aliphatic rings. The van der Waals surface area contributed by atoms with Crippen LogP contribution in [0.1, 0.15) is 31.2 Å². The van der Waals surface area contributed by atoms with Crippen LogP contribution in [0.5, 0.6) is 6.01 Å². The average Bonchev–Trinajstić information content (AvgIpc) is 3.46. The summed E-state index contributed by atoms with van der Waals surface area (Å²) in [7, 11) is 1.44. The van der Waals surface area contributed by atoms with Gasteiger partial charge in [-0.15, -0.1) is 0 Å². The molecule has 1 amide bonds. The molecule has 0 aliphatic heterocycles. The molecule has 45 heavy (non-hydrogen) atoms. The van der Waals surface area contributed by atoms with E-state index in [1.807, 2.05) is 0 Å². The van der Waals surface area contributed by atoms with Gasteiger partial charge < -0.3 is 14.8 Å². The Labute approximate surface area is 257 Å². The number of H-pyrrole nitrogens is 1. The maximum atomic E-state index is 13.6. The van der Waals surface area contributed by atoms with Gasteiger partial charge in [-0.3, -0.25) is 10.00 Å². The van der Waals surface area contributed by atoms with Crippen LogP contribution >= 0.6 is 11.6 Å². The number of aromatic nitrogens is 7. The minimum atomic E-state index is -4.74. The summed E-state index contributed by atoms with van der Waals surface area (Å²) in [4.78, 5) is 34.6. The van der Waals surface area contributed by atoms with Crippen molar-refractivity contribution in [3.8, 4) is 28.5 Å². The molecule has 0 atom stereocenters. The van der Waals surface area contributed by atoms with E-state index in [1.165, 1.54) is 36.8 Å². The Morgan fingerprint density at radius 3 is 2.33 bits per heavy atom. The summed E-state index contributed by atoms with van der Waals surface area (Å²) < 4.78 is 76.5. The summed E-state index contributed by atoms with van der Waals surface area (Å²) in [6, 6.07) is 2.69. The molecule has 4 aromatic rings. The molecule has 1 aliphatic carbocycles. The highest BCUT2D eigenvalue weighted by Gasteiger charge is 2.37. The molecule has 12 nitrogen and oxygen atoms in total. The molecule has 238 valence electrons. The van der Waals surface area contributed by atoms with Gasteiger partial charge in [-0.1, -0.05) is 11.6 Å². The van der Waals surface area contributed by atoms with Crippen LogP contribution in [0, 0.1) is 0 Å². The maximum absolute atomic E-state index is 13.6. The molecule has 2 N–H and O–H groups in total. The number of rotatable bonds is 9. The van der Waals surface area contributed by atoms with E-state index in [0.717, 1.165) is 0 Å². The number of ether oxygens (including phenoxy) is 2. The van der Waals surface area contributed by atoms with Crippen molar-refractivity contribution in [2.45, 2.75) is 50.4 Å². The first kappa shape index (κ1) is 31.7. The van der Waals surface area contributed by atoms with Gasteiger partial charge in [0.2, 0.25) is 5.95 Å². The summed E-state index contributed by atoms with van der Waals surface area (Å²) in [5.74, 6) is 0.129. The minimum absolute atomic E-state index is 0.0385. The minimum Gasteiger partial charge on any atom is -0.467 e. The second kappa shape index (κ2) is 13.5. The van der Waals surface area contributed by atoms with Crippen molar-refractivity contribution in [3.63, 3.8) is 0 Å². The Kier molecular flexibility index (Phi) is 9.55. The number of nitrogens with one attached hydrogen (secondary N) is 2. The van der Waals surface area contributed by atoms with Crippen molar-refractivity contribution in [2.75, 3.05) is 23.9 Å². The number of amides is 1. The SMILES string of the molecule is COc1ncc(-c2ccc(N(C(=O)OCC(F)F)[C@H]3CC[C@H](Nc4ncc(C(F)(F)F)c(-c5n[nH]cc5Cl)n4)CC3)nc2)cn1. The van der Waals surface area contributed by atoms with Gasteiger partial charge in [0.05, 0.1) is 12.1 Å². The Bertz CT molecular complexity index is 1600. The van der Waals surface area contributed by atoms with E-state index < -0.39 is 42.6 Å². The number of hydrogen-bond acceptors (Lipinski definition) is 10. The molecule has 0 radical (unpaired) electrons. The first-order chi connectivity index (χ1) is 21.5. The Morgan fingerprint density at radius 1 is 1.04 bits per heavy atom. The van der Waals surface area contributed by atoms with Crippen LogP contribution in [0.2, 0.25) is 5.02 Å². The predicted molar refractivity (Wildman–Crippen MR) is 151 cm³/mol. The van der Waals surface area contributed by atoms with Crippen molar-refractivity contribution in [3.05, 3.63) is 53.7 Å². The van der Waals surface area contributed by atoms with Gasteiger partial charge in [0, 0.05) is 54.2 Å². The van der Waals surface area contributed by atoms with Crippen molar-refractivity contribution in [1.82, 2.24) is 35.1 Å². The topological polar surface area (TPSA) is 144 Å². The molecule has 5 rings (SSSR count).